The van der Waals surface area contributed by atoms with Crippen LogP contribution in [-0.4, -0.2) is 16.1 Å². The molecule has 1 N–H and O–H groups in total. The molecule has 0 saturated heterocycles. The predicted octanol–water partition coefficient (Wildman–Crippen LogP) is 3.04. The fraction of sp³-hybridized carbons (Fsp3) is 0.231. The quantitative estimate of drug-likeness (QED) is 0.921. The molecule has 94 valence electrons. The molecule has 0 radical (unpaired) electrons. The van der Waals surface area contributed by atoms with Gasteiger partial charge < -0.3 is 9.84 Å². The maximum atomic E-state index is 10.7. The Labute approximate surface area is 109 Å². The summed E-state index contributed by atoms with van der Waals surface area (Å²) in [6, 6.07) is 5.93. The molecular weight excluding hydrogens is 250 g/mol. The zero-order chi connectivity index (χ0) is 13.1. The zero-order valence-electron chi connectivity index (χ0n) is 10.1. The highest BCUT2D eigenvalue weighted by molar-refractivity contribution is 7.13. The van der Waals surface area contributed by atoms with Crippen LogP contribution in [0.3, 0.4) is 0 Å². The summed E-state index contributed by atoms with van der Waals surface area (Å²) >= 11 is 1.13. The molecule has 0 spiro atoms. The van der Waals surface area contributed by atoms with Gasteiger partial charge in [-0.1, -0.05) is 17.7 Å². The largest absolute Gasteiger partial charge is 0.486 e. The van der Waals surface area contributed by atoms with Crippen molar-refractivity contribution in [1.82, 2.24) is 4.98 Å². The average molecular weight is 263 g/mol. The number of hydrogen-bond donors (Lipinski definition) is 1. The van der Waals surface area contributed by atoms with E-state index < -0.39 is 5.97 Å². The van der Waals surface area contributed by atoms with E-state index in [2.05, 4.69) is 4.98 Å². The first kappa shape index (κ1) is 12.6. The minimum Gasteiger partial charge on any atom is -0.486 e. The van der Waals surface area contributed by atoms with Crippen LogP contribution in [-0.2, 0) is 6.61 Å². The van der Waals surface area contributed by atoms with Crippen LogP contribution in [0.25, 0.3) is 0 Å². The molecule has 0 atom stereocenters. The van der Waals surface area contributed by atoms with E-state index in [-0.39, 0.29) is 4.88 Å². The van der Waals surface area contributed by atoms with Gasteiger partial charge in [-0.05, 0) is 25.5 Å². The zero-order valence-corrected chi connectivity index (χ0v) is 11.0. The normalized spacial score (nSPS) is 10.3. The minimum absolute atomic E-state index is 0.231. The van der Waals surface area contributed by atoms with Crippen LogP contribution in [0, 0.1) is 13.8 Å². The van der Waals surface area contributed by atoms with E-state index in [9.17, 15) is 4.79 Å². The molecule has 0 amide bonds. The van der Waals surface area contributed by atoms with Gasteiger partial charge in [0.25, 0.3) is 0 Å². The lowest BCUT2D eigenvalue weighted by atomic mass is 10.1. The topological polar surface area (TPSA) is 59.4 Å². The lowest BCUT2D eigenvalue weighted by Crippen LogP contribution is -1.96. The predicted molar refractivity (Wildman–Crippen MR) is 69.3 cm³/mol. The van der Waals surface area contributed by atoms with Crippen LogP contribution in [0.4, 0.5) is 0 Å². The second-order valence-electron chi connectivity index (χ2n) is 3.98. The Morgan fingerprint density at radius 3 is 2.83 bits per heavy atom. The third kappa shape index (κ3) is 2.87. The van der Waals surface area contributed by atoms with E-state index in [1.807, 2.05) is 32.0 Å². The highest BCUT2D eigenvalue weighted by Gasteiger charge is 2.09. The molecule has 2 rings (SSSR count). The lowest BCUT2D eigenvalue weighted by molar-refractivity contribution is 0.0702. The molecule has 18 heavy (non-hydrogen) atoms. The maximum absolute atomic E-state index is 10.7. The van der Waals surface area contributed by atoms with Crippen molar-refractivity contribution in [2.75, 3.05) is 0 Å². The van der Waals surface area contributed by atoms with Crippen LogP contribution in [0.5, 0.6) is 5.75 Å². The molecule has 5 heteroatoms. The number of rotatable bonds is 4. The summed E-state index contributed by atoms with van der Waals surface area (Å²) in [5.41, 5.74) is 2.24. The number of aryl methyl sites for hydroxylation is 2. The minimum atomic E-state index is -0.953. The summed E-state index contributed by atoms with van der Waals surface area (Å²) in [6.07, 6.45) is 1.35. The van der Waals surface area contributed by atoms with Gasteiger partial charge in [0.15, 0.2) is 0 Å². The summed E-state index contributed by atoms with van der Waals surface area (Å²) in [7, 11) is 0. The number of hydrogen-bond acceptors (Lipinski definition) is 4. The van der Waals surface area contributed by atoms with Crippen LogP contribution < -0.4 is 4.74 Å². The standard InChI is InChI=1S/C13H13NO3S/c1-8-3-4-10(9(2)5-8)17-7-12-14-6-11(18-12)13(15)16/h3-6H,7H2,1-2H3,(H,15,16). The van der Waals surface area contributed by atoms with E-state index in [1.165, 1.54) is 11.8 Å². The number of ether oxygens (including phenoxy) is 1. The summed E-state index contributed by atoms with van der Waals surface area (Å²) in [5.74, 6) is -0.155. The first-order valence-corrected chi connectivity index (χ1v) is 6.26. The third-order valence-corrected chi connectivity index (χ3v) is 3.40. The van der Waals surface area contributed by atoms with Crippen molar-refractivity contribution < 1.29 is 14.6 Å². The molecule has 0 unspecified atom stereocenters. The molecule has 0 fully saturated rings. The molecule has 0 saturated carbocycles. The Morgan fingerprint density at radius 2 is 2.22 bits per heavy atom. The van der Waals surface area contributed by atoms with Crippen molar-refractivity contribution in [1.29, 1.82) is 0 Å². The summed E-state index contributed by atoms with van der Waals surface area (Å²) in [6.45, 7) is 4.30. The molecule has 0 aliphatic rings. The van der Waals surface area contributed by atoms with Crippen molar-refractivity contribution in [3.05, 3.63) is 45.4 Å². The van der Waals surface area contributed by atoms with Gasteiger partial charge in [0.1, 0.15) is 22.2 Å². The number of aromatic nitrogens is 1. The second-order valence-corrected chi connectivity index (χ2v) is 5.10. The number of carbonyl (C=O) groups is 1. The van der Waals surface area contributed by atoms with Crippen molar-refractivity contribution in [2.45, 2.75) is 20.5 Å². The molecule has 0 bridgehead atoms. The smallest absolute Gasteiger partial charge is 0.347 e. The van der Waals surface area contributed by atoms with Crippen molar-refractivity contribution in [2.24, 2.45) is 0 Å². The SMILES string of the molecule is Cc1ccc(OCc2ncc(C(=O)O)s2)c(C)c1. The van der Waals surface area contributed by atoms with E-state index >= 15 is 0 Å². The van der Waals surface area contributed by atoms with Gasteiger partial charge in [-0.15, -0.1) is 11.3 Å². The molecule has 0 aliphatic heterocycles. The first-order chi connectivity index (χ1) is 8.56. The Bertz CT molecular complexity index is 577. The Morgan fingerprint density at radius 1 is 1.44 bits per heavy atom. The van der Waals surface area contributed by atoms with Gasteiger partial charge in [0, 0.05) is 0 Å². The number of carboxylic acid groups (broad SMARTS) is 1. The van der Waals surface area contributed by atoms with E-state index in [4.69, 9.17) is 9.84 Å². The molecule has 1 aromatic heterocycles. The van der Waals surface area contributed by atoms with Gasteiger partial charge in [0.2, 0.25) is 0 Å². The molecule has 0 aliphatic carbocycles. The molecule has 1 aromatic carbocycles. The third-order valence-electron chi connectivity index (χ3n) is 2.45. The van der Waals surface area contributed by atoms with Crippen LogP contribution in [0.1, 0.15) is 25.8 Å². The highest BCUT2D eigenvalue weighted by Crippen LogP contribution is 2.21. The number of carboxylic acids is 1. The number of aromatic carboxylic acids is 1. The average Bonchev–Trinajstić information content (AvgIpc) is 2.76. The van der Waals surface area contributed by atoms with Gasteiger partial charge in [-0.2, -0.15) is 0 Å². The summed E-state index contributed by atoms with van der Waals surface area (Å²) < 4.78 is 5.63. The fourth-order valence-corrected chi connectivity index (χ4v) is 2.25. The molecular formula is C13H13NO3S. The van der Waals surface area contributed by atoms with Crippen molar-refractivity contribution >= 4 is 17.3 Å². The number of benzene rings is 1. The Hall–Kier alpha value is -1.88. The van der Waals surface area contributed by atoms with E-state index in [0.29, 0.717) is 11.6 Å². The molecule has 1 heterocycles. The molecule has 4 nitrogen and oxygen atoms in total. The number of thiazole rings is 1. The van der Waals surface area contributed by atoms with Gasteiger partial charge >= 0.3 is 5.97 Å². The number of nitrogens with zero attached hydrogens (tertiary/aromatic N) is 1. The maximum Gasteiger partial charge on any atom is 0.347 e. The van der Waals surface area contributed by atoms with Crippen molar-refractivity contribution in [3.8, 4) is 5.75 Å². The molecule has 2 aromatic rings. The van der Waals surface area contributed by atoms with Crippen LogP contribution >= 0.6 is 11.3 Å². The van der Waals surface area contributed by atoms with E-state index in [0.717, 1.165) is 22.6 Å². The Kier molecular flexibility index (Phi) is 3.62. The van der Waals surface area contributed by atoms with Gasteiger partial charge in [-0.25, -0.2) is 9.78 Å². The van der Waals surface area contributed by atoms with E-state index in [1.54, 1.807) is 0 Å². The monoisotopic (exact) mass is 263 g/mol. The lowest BCUT2D eigenvalue weighted by Gasteiger charge is -2.07. The highest BCUT2D eigenvalue weighted by atomic mass is 32.1. The second kappa shape index (κ2) is 5.18. The van der Waals surface area contributed by atoms with Crippen LogP contribution in [0.15, 0.2) is 24.4 Å². The van der Waals surface area contributed by atoms with Gasteiger partial charge in [-0.3, -0.25) is 0 Å². The fourth-order valence-electron chi connectivity index (χ4n) is 1.58. The first-order valence-electron chi connectivity index (χ1n) is 5.44. The summed E-state index contributed by atoms with van der Waals surface area (Å²) in [5, 5.41) is 9.45. The van der Waals surface area contributed by atoms with Gasteiger partial charge in [0.05, 0.1) is 6.20 Å². The Balaban J connectivity index is 2.04. The van der Waals surface area contributed by atoms with Crippen molar-refractivity contribution in [3.63, 3.8) is 0 Å². The summed E-state index contributed by atoms with van der Waals surface area (Å²) in [4.78, 5) is 15.0. The van der Waals surface area contributed by atoms with Crippen LogP contribution in [0.2, 0.25) is 0 Å².